The Morgan fingerprint density at radius 1 is 1.50 bits per heavy atom. The van der Waals surface area contributed by atoms with E-state index in [0.717, 1.165) is 5.69 Å². The third kappa shape index (κ3) is 8.06. The third-order valence-electron chi connectivity index (χ3n) is 1.57. The van der Waals surface area contributed by atoms with E-state index in [1.165, 1.54) is 0 Å². The molecule has 0 atom stereocenters. The summed E-state index contributed by atoms with van der Waals surface area (Å²) >= 11 is 0. The topological polar surface area (TPSA) is 90.3 Å². The van der Waals surface area contributed by atoms with Gasteiger partial charge in [-0.05, 0) is 20.8 Å². The number of imidazole rings is 1. The van der Waals surface area contributed by atoms with Crippen LogP contribution in [-0.2, 0) is 27.9 Å². The maximum atomic E-state index is 11.3. The molecule has 0 unspecified atom stereocenters. The molecule has 0 saturated heterocycles. The van der Waals surface area contributed by atoms with E-state index < -0.39 is 11.7 Å². The van der Waals surface area contributed by atoms with Crippen molar-refractivity contribution in [1.82, 2.24) is 14.9 Å². The van der Waals surface area contributed by atoms with Crippen LogP contribution in [0.1, 0.15) is 26.5 Å². The molecule has 18 heavy (non-hydrogen) atoms. The minimum absolute atomic E-state index is 0.250. The summed E-state index contributed by atoms with van der Waals surface area (Å²) in [6.07, 6.45) is 3.36. The Kier molecular flexibility index (Phi) is 6.38. The largest absolute Gasteiger partial charge is 0.444 e. The number of nitrogens with one attached hydrogen (secondary N) is 1. The zero-order chi connectivity index (χ0) is 14.2. The van der Waals surface area contributed by atoms with Gasteiger partial charge >= 0.3 is 12.2 Å². The molecular formula is C11H17N3O4. The second kappa shape index (κ2) is 7.24. The van der Waals surface area contributed by atoms with Crippen LogP contribution in [-0.4, -0.2) is 27.4 Å². The Morgan fingerprint density at radius 3 is 2.44 bits per heavy atom. The summed E-state index contributed by atoms with van der Waals surface area (Å²) in [5.41, 5.74) is 0.345. The number of alkyl carbamates (subject to hydrolysis) is 1. The van der Waals surface area contributed by atoms with Crippen LogP contribution in [0.4, 0.5) is 4.79 Å². The van der Waals surface area contributed by atoms with Crippen molar-refractivity contribution in [1.29, 1.82) is 0 Å². The molecule has 7 nitrogen and oxygen atoms in total. The van der Waals surface area contributed by atoms with Gasteiger partial charge in [0.1, 0.15) is 5.60 Å². The van der Waals surface area contributed by atoms with Crippen LogP contribution in [0.15, 0.2) is 12.5 Å². The van der Waals surface area contributed by atoms with E-state index in [9.17, 15) is 4.79 Å². The SMILES string of the molecule is Cn1cnc(CNC(=O)OC(C)(C)C)c1.O=C=O. The number of aromatic nitrogens is 2. The van der Waals surface area contributed by atoms with Crippen molar-refractivity contribution in [2.24, 2.45) is 7.05 Å². The number of hydrogen-bond acceptors (Lipinski definition) is 5. The predicted octanol–water partition coefficient (Wildman–Crippen LogP) is 0.861. The molecule has 0 radical (unpaired) electrons. The first-order chi connectivity index (χ1) is 8.28. The number of rotatable bonds is 2. The Morgan fingerprint density at radius 2 is 2.06 bits per heavy atom. The van der Waals surface area contributed by atoms with Crippen LogP contribution in [0.2, 0.25) is 0 Å². The van der Waals surface area contributed by atoms with Crippen molar-refractivity contribution in [2.75, 3.05) is 0 Å². The highest BCUT2D eigenvalue weighted by Crippen LogP contribution is 2.06. The van der Waals surface area contributed by atoms with Gasteiger partial charge in [-0.3, -0.25) is 0 Å². The van der Waals surface area contributed by atoms with Gasteiger partial charge in [-0.1, -0.05) is 0 Å². The Bertz CT molecular complexity index is 414. The molecule has 1 heterocycles. The van der Waals surface area contributed by atoms with Crippen molar-refractivity contribution in [3.05, 3.63) is 18.2 Å². The van der Waals surface area contributed by atoms with Crippen molar-refractivity contribution >= 4 is 12.2 Å². The quantitative estimate of drug-likeness (QED) is 0.846. The van der Waals surface area contributed by atoms with Crippen molar-refractivity contribution in [3.8, 4) is 0 Å². The second-order valence-corrected chi connectivity index (χ2v) is 4.47. The molecule has 0 fully saturated rings. The Balaban J connectivity index is 0.000000873. The number of amides is 1. The molecule has 0 aromatic carbocycles. The summed E-state index contributed by atoms with van der Waals surface area (Å²) in [7, 11) is 1.88. The van der Waals surface area contributed by atoms with E-state index in [1.54, 1.807) is 6.33 Å². The zero-order valence-electron chi connectivity index (χ0n) is 10.9. The molecule has 0 aliphatic heterocycles. The lowest BCUT2D eigenvalue weighted by Gasteiger charge is -2.19. The first-order valence-corrected chi connectivity index (χ1v) is 5.21. The normalized spacial score (nSPS) is 9.78. The Labute approximate surface area is 105 Å². The monoisotopic (exact) mass is 255 g/mol. The van der Waals surface area contributed by atoms with E-state index in [-0.39, 0.29) is 6.15 Å². The first kappa shape index (κ1) is 15.9. The maximum Gasteiger partial charge on any atom is 0.407 e. The van der Waals surface area contributed by atoms with Crippen molar-refractivity contribution < 1.29 is 19.1 Å². The molecule has 1 aromatic rings. The average Bonchev–Trinajstić information content (AvgIpc) is 2.60. The van der Waals surface area contributed by atoms with Gasteiger partial charge in [0.25, 0.3) is 0 Å². The summed E-state index contributed by atoms with van der Waals surface area (Å²) < 4.78 is 6.91. The van der Waals surface area contributed by atoms with Gasteiger partial charge < -0.3 is 14.6 Å². The second-order valence-electron chi connectivity index (χ2n) is 4.47. The molecule has 0 bridgehead atoms. The fraction of sp³-hybridized carbons (Fsp3) is 0.545. The predicted molar refractivity (Wildman–Crippen MR) is 61.3 cm³/mol. The van der Waals surface area contributed by atoms with Crippen LogP contribution >= 0.6 is 0 Å². The number of aryl methyl sites for hydroxylation is 1. The van der Waals surface area contributed by atoms with Gasteiger partial charge in [0.15, 0.2) is 0 Å². The Hall–Kier alpha value is -2.14. The third-order valence-corrected chi connectivity index (χ3v) is 1.57. The lowest BCUT2D eigenvalue weighted by Crippen LogP contribution is -2.32. The number of ether oxygens (including phenoxy) is 1. The standard InChI is InChI=1S/C10H17N3O2.CO2/c1-10(2,3)15-9(14)11-5-8-6-13(4)7-12-8;2-1-3/h6-7H,5H2,1-4H3,(H,11,14);. The van der Waals surface area contributed by atoms with Crippen molar-refractivity contribution in [2.45, 2.75) is 32.9 Å². The lowest BCUT2D eigenvalue weighted by atomic mass is 10.2. The number of carbonyl (C=O) groups excluding carboxylic acids is 3. The fourth-order valence-electron chi connectivity index (χ4n) is 1.04. The summed E-state index contributed by atoms with van der Waals surface area (Å²) in [5, 5.41) is 2.63. The highest BCUT2D eigenvalue weighted by Gasteiger charge is 2.15. The van der Waals surface area contributed by atoms with E-state index >= 15 is 0 Å². The number of hydrogen-bond donors (Lipinski definition) is 1. The van der Waals surface area contributed by atoms with Crippen LogP contribution in [0.25, 0.3) is 0 Å². The van der Waals surface area contributed by atoms with Crippen molar-refractivity contribution in [3.63, 3.8) is 0 Å². The van der Waals surface area contributed by atoms with E-state index in [1.807, 2.05) is 38.6 Å². The van der Waals surface area contributed by atoms with Gasteiger partial charge in [0, 0.05) is 13.2 Å². The van der Waals surface area contributed by atoms with Crippen LogP contribution in [0.5, 0.6) is 0 Å². The van der Waals surface area contributed by atoms with Crippen LogP contribution < -0.4 is 5.32 Å². The summed E-state index contributed by atoms with van der Waals surface area (Å²) in [6, 6.07) is 0. The minimum atomic E-state index is -0.464. The summed E-state index contributed by atoms with van der Waals surface area (Å²) in [6.45, 7) is 5.86. The molecule has 0 aliphatic rings. The van der Waals surface area contributed by atoms with E-state index in [0.29, 0.717) is 6.54 Å². The molecule has 1 amide bonds. The minimum Gasteiger partial charge on any atom is -0.444 e. The molecule has 7 heteroatoms. The fourth-order valence-corrected chi connectivity index (χ4v) is 1.04. The first-order valence-electron chi connectivity index (χ1n) is 5.21. The molecule has 1 N–H and O–H groups in total. The summed E-state index contributed by atoms with van der Waals surface area (Å²) in [4.78, 5) is 31.6. The number of nitrogens with zero attached hydrogens (tertiary/aromatic N) is 2. The van der Waals surface area contributed by atoms with Gasteiger partial charge in [0.2, 0.25) is 0 Å². The molecule has 0 saturated carbocycles. The highest BCUT2D eigenvalue weighted by atomic mass is 16.6. The van der Waals surface area contributed by atoms with Gasteiger partial charge in [0.05, 0.1) is 18.6 Å². The maximum absolute atomic E-state index is 11.3. The van der Waals surface area contributed by atoms with Gasteiger partial charge in [-0.2, -0.15) is 9.59 Å². The van der Waals surface area contributed by atoms with Gasteiger partial charge in [-0.15, -0.1) is 0 Å². The van der Waals surface area contributed by atoms with Crippen LogP contribution in [0.3, 0.4) is 0 Å². The molecule has 1 rings (SSSR count). The average molecular weight is 255 g/mol. The zero-order valence-corrected chi connectivity index (χ0v) is 10.9. The van der Waals surface area contributed by atoms with Gasteiger partial charge in [-0.25, -0.2) is 9.78 Å². The smallest absolute Gasteiger partial charge is 0.407 e. The van der Waals surface area contributed by atoms with E-state index in [2.05, 4.69) is 10.3 Å². The van der Waals surface area contributed by atoms with Crippen LogP contribution in [0, 0.1) is 0 Å². The summed E-state index contributed by atoms with van der Waals surface area (Å²) in [5.74, 6) is 0. The molecule has 0 aliphatic carbocycles. The highest BCUT2D eigenvalue weighted by molar-refractivity contribution is 5.67. The molecular weight excluding hydrogens is 238 g/mol. The molecule has 100 valence electrons. The molecule has 1 aromatic heterocycles. The molecule has 0 spiro atoms. The van der Waals surface area contributed by atoms with E-state index in [4.69, 9.17) is 14.3 Å². The lowest BCUT2D eigenvalue weighted by molar-refractivity contribution is -0.191. The number of carbonyl (C=O) groups is 1.